The van der Waals surface area contributed by atoms with Gasteiger partial charge in [0.1, 0.15) is 11.4 Å². The SMILES string of the molecule is COC(=O)c1nc(C)cc(NCC2(O)CNC2)n1. The smallest absolute Gasteiger partial charge is 0.376 e. The number of aromatic nitrogens is 2. The monoisotopic (exact) mass is 252 g/mol. The summed E-state index contributed by atoms with van der Waals surface area (Å²) in [5.41, 5.74) is -0.0868. The summed E-state index contributed by atoms with van der Waals surface area (Å²) in [6.45, 7) is 3.23. The second-order valence-corrected chi connectivity index (χ2v) is 4.39. The van der Waals surface area contributed by atoms with Crippen LogP contribution in [0.3, 0.4) is 0 Å². The number of aryl methyl sites for hydroxylation is 1. The fraction of sp³-hybridized carbons (Fsp3) is 0.545. The minimum absolute atomic E-state index is 0.0127. The molecule has 1 saturated heterocycles. The second-order valence-electron chi connectivity index (χ2n) is 4.39. The third kappa shape index (κ3) is 2.74. The molecule has 98 valence electrons. The minimum atomic E-state index is -0.746. The maximum Gasteiger partial charge on any atom is 0.376 e. The Morgan fingerprint density at radius 2 is 2.33 bits per heavy atom. The number of carbonyl (C=O) groups is 1. The Hall–Kier alpha value is -1.73. The molecule has 3 N–H and O–H groups in total. The van der Waals surface area contributed by atoms with Crippen molar-refractivity contribution in [3.63, 3.8) is 0 Å². The van der Waals surface area contributed by atoms with Gasteiger partial charge in [-0.2, -0.15) is 0 Å². The first-order chi connectivity index (χ1) is 8.52. The average Bonchev–Trinajstić information content (AvgIpc) is 2.32. The fourth-order valence-electron chi connectivity index (χ4n) is 1.64. The van der Waals surface area contributed by atoms with Crippen molar-refractivity contribution in [2.45, 2.75) is 12.5 Å². The molecule has 0 saturated carbocycles. The molecule has 0 aliphatic carbocycles. The van der Waals surface area contributed by atoms with E-state index in [1.165, 1.54) is 7.11 Å². The van der Waals surface area contributed by atoms with Gasteiger partial charge in [0, 0.05) is 31.4 Å². The Kier molecular flexibility index (Phi) is 3.44. The molecule has 0 aromatic carbocycles. The number of aliphatic hydroxyl groups is 1. The summed E-state index contributed by atoms with van der Waals surface area (Å²) in [7, 11) is 1.28. The average molecular weight is 252 g/mol. The number of methoxy groups -OCH3 is 1. The summed E-state index contributed by atoms with van der Waals surface area (Å²) in [5.74, 6) is -0.0623. The van der Waals surface area contributed by atoms with Crippen LogP contribution in [0.1, 0.15) is 16.3 Å². The first-order valence-electron chi connectivity index (χ1n) is 5.63. The van der Waals surface area contributed by atoms with Crippen LogP contribution in [0.2, 0.25) is 0 Å². The van der Waals surface area contributed by atoms with E-state index in [-0.39, 0.29) is 5.82 Å². The highest BCUT2D eigenvalue weighted by atomic mass is 16.5. The fourth-order valence-corrected chi connectivity index (χ4v) is 1.64. The number of nitrogens with one attached hydrogen (secondary N) is 2. The Labute approximate surface area is 105 Å². The number of rotatable bonds is 4. The van der Waals surface area contributed by atoms with Gasteiger partial charge in [0.2, 0.25) is 5.82 Å². The van der Waals surface area contributed by atoms with Crippen LogP contribution in [0, 0.1) is 6.92 Å². The van der Waals surface area contributed by atoms with Crippen LogP contribution in [0.4, 0.5) is 5.82 Å². The highest BCUT2D eigenvalue weighted by Crippen LogP contribution is 2.13. The number of esters is 1. The topological polar surface area (TPSA) is 96.4 Å². The van der Waals surface area contributed by atoms with E-state index >= 15 is 0 Å². The molecule has 1 aliphatic heterocycles. The van der Waals surface area contributed by atoms with Crippen LogP contribution in [0.5, 0.6) is 0 Å². The highest BCUT2D eigenvalue weighted by molar-refractivity contribution is 5.85. The molecule has 0 unspecified atom stereocenters. The van der Waals surface area contributed by atoms with Crippen LogP contribution in [0.15, 0.2) is 6.07 Å². The molecule has 1 fully saturated rings. The van der Waals surface area contributed by atoms with Crippen LogP contribution in [-0.4, -0.2) is 53.4 Å². The third-order valence-electron chi connectivity index (χ3n) is 2.73. The number of hydrogen-bond acceptors (Lipinski definition) is 7. The van der Waals surface area contributed by atoms with E-state index in [2.05, 4.69) is 25.3 Å². The molecule has 1 aromatic heterocycles. The number of β-amino-alcohol motifs (C(OH)–C–C–N with tert-alkyl or cyclic N) is 1. The van der Waals surface area contributed by atoms with E-state index < -0.39 is 11.6 Å². The number of anilines is 1. The van der Waals surface area contributed by atoms with Gasteiger partial charge in [-0.05, 0) is 6.92 Å². The molecular formula is C11H16N4O3. The molecule has 0 atom stereocenters. The lowest BCUT2D eigenvalue weighted by Gasteiger charge is -2.37. The van der Waals surface area contributed by atoms with Crippen molar-refractivity contribution in [3.8, 4) is 0 Å². The highest BCUT2D eigenvalue weighted by Gasteiger charge is 2.33. The Morgan fingerprint density at radius 3 is 2.89 bits per heavy atom. The zero-order chi connectivity index (χ0) is 13.2. The first-order valence-corrected chi connectivity index (χ1v) is 5.63. The molecule has 0 bridgehead atoms. The number of ether oxygens (including phenoxy) is 1. The van der Waals surface area contributed by atoms with Gasteiger partial charge in [-0.3, -0.25) is 0 Å². The summed E-state index contributed by atoms with van der Waals surface area (Å²) in [6, 6.07) is 1.71. The van der Waals surface area contributed by atoms with Crippen LogP contribution >= 0.6 is 0 Å². The molecule has 0 spiro atoms. The van der Waals surface area contributed by atoms with E-state index in [0.29, 0.717) is 31.1 Å². The minimum Gasteiger partial charge on any atom is -0.463 e. The maximum atomic E-state index is 11.4. The quantitative estimate of drug-likeness (QED) is 0.611. The molecule has 1 aromatic rings. The van der Waals surface area contributed by atoms with Gasteiger partial charge >= 0.3 is 5.97 Å². The predicted octanol–water partition coefficient (Wildman–Crippen LogP) is -0.682. The van der Waals surface area contributed by atoms with Crippen LogP contribution < -0.4 is 10.6 Å². The lowest BCUT2D eigenvalue weighted by molar-refractivity contribution is 0.00305. The zero-order valence-corrected chi connectivity index (χ0v) is 10.4. The second kappa shape index (κ2) is 4.87. The van der Waals surface area contributed by atoms with E-state index in [0.717, 1.165) is 0 Å². The van der Waals surface area contributed by atoms with E-state index in [4.69, 9.17) is 0 Å². The van der Waals surface area contributed by atoms with Crippen molar-refractivity contribution >= 4 is 11.8 Å². The summed E-state index contributed by atoms with van der Waals surface area (Å²) in [6.07, 6.45) is 0. The maximum absolute atomic E-state index is 11.4. The lowest BCUT2D eigenvalue weighted by Crippen LogP contribution is -2.63. The summed E-state index contributed by atoms with van der Waals surface area (Å²) >= 11 is 0. The molecule has 7 nitrogen and oxygen atoms in total. The normalized spacial score (nSPS) is 16.8. The van der Waals surface area contributed by atoms with E-state index in [9.17, 15) is 9.90 Å². The molecule has 1 aliphatic rings. The molecule has 18 heavy (non-hydrogen) atoms. The van der Waals surface area contributed by atoms with E-state index in [1.807, 2.05) is 0 Å². The molecule has 7 heteroatoms. The van der Waals surface area contributed by atoms with Crippen LogP contribution in [0.25, 0.3) is 0 Å². The predicted molar refractivity (Wildman–Crippen MR) is 64.4 cm³/mol. The van der Waals surface area contributed by atoms with Crippen molar-refractivity contribution in [3.05, 3.63) is 17.6 Å². The number of hydrogen-bond donors (Lipinski definition) is 3. The summed E-state index contributed by atoms with van der Waals surface area (Å²) in [4.78, 5) is 19.4. The molecule has 0 radical (unpaired) electrons. The van der Waals surface area contributed by atoms with Crippen molar-refractivity contribution < 1.29 is 14.6 Å². The Balaban J connectivity index is 2.07. The summed E-state index contributed by atoms with van der Waals surface area (Å²) in [5, 5.41) is 15.9. The van der Waals surface area contributed by atoms with Crippen LogP contribution in [-0.2, 0) is 4.74 Å². The van der Waals surface area contributed by atoms with Gasteiger partial charge in [0.25, 0.3) is 0 Å². The Morgan fingerprint density at radius 1 is 1.61 bits per heavy atom. The van der Waals surface area contributed by atoms with Gasteiger partial charge in [-0.15, -0.1) is 0 Å². The summed E-state index contributed by atoms with van der Waals surface area (Å²) < 4.78 is 4.57. The standard InChI is InChI=1S/C11H16N4O3/c1-7-3-8(13-6-11(17)4-12-5-11)15-9(14-7)10(16)18-2/h3,12,17H,4-6H2,1-2H3,(H,13,14,15). The van der Waals surface area contributed by atoms with Crippen molar-refractivity contribution in [2.24, 2.45) is 0 Å². The molecule has 0 amide bonds. The van der Waals surface area contributed by atoms with E-state index in [1.54, 1.807) is 13.0 Å². The van der Waals surface area contributed by atoms with Gasteiger partial charge in [-0.1, -0.05) is 0 Å². The molecule has 2 rings (SSSR count). The van der Waals surface area contributed by atoms with Crippen molar-refractivity contribution in [1.29, 1.82) is 0 Å². The molecular weight excluding hydrogens is 236 g/mol. The third-order valence-corrected chi connectivity index (χ3v) is 2.73. The van der Waals surface area contributed by atoms with Crippen molar-refractivity contribution in [2.75, 3.05) is 32.1 Å². The number of carbonyl (C=O) groups excluding carboxylic acids is 1. The Bertz CT molecular complexity index is 460. The van der Waals surface area contributed by atoms with Crippen molar-refractivity contribution in [1.82, 2.24) is 15.3 Å². The van der Waals surface area contributed by atoms with Gasteiger partial charge in [0.15, 0.2) is 0 Å². The van der Waals surface area contributed by atoms with Gasteiger partial charge in [0.05, 0.1) is 7.11 Å². The van der Waals surface area contributed by atoms with Gasteiger partial charge < -0.3 is 20.5 Å². The number of nitrogens with zero attached hydrogens (tertiary/aromatic N) is 2. The molecule has 2 heterocycles. The first kappa shape index (κ1) is 12.7. The van der Waals surface area contributed by atoms with Gasteiger partial charge in [-0.25, -0.2) is 14.8 Å². The zero-order valence-electron chi connectivity index (χ0n) is 10.4. The lowest BCUT2D eigenvalue weighted by atomic mass is 9.97. The largest absolute Gasteiger partial charge is 0.463 e.